The van der Waals surface area contributed by atoms with Crippen LogP contribution in [-0.4, -0.2) is 23.5 Å². The molecule has 0 aliphatic carbocycles. The smallest absolute Gasteiger partial charge is 0.0330 e. The molecule has 0 saturated carbocycles. The van der Waals surface area contributed by atoms with E-state index in [9.17, 15) is 0 Å². The first-order valence-electron chi connectivity index (χ1n) is 6.35. The third-order valence-electron chi connectivity index (χ3n) is 3.51. The molecule has 3 heteroatoms. The molecule has 0 fully saturated rings. The Hall–Kier alpha value is -0.380. The zero-order valence-corrected chi connectivity index (χ0v) is 12.6. The standard InChI is InChI=1S/C14H26N2S/c1-11(2)16(9-13-7-6-8-17-13)10-14(4,5)12(3)15/h6-8,11-12H,9-10,15H2,1-5H3. The van der Waals surface area contributed by atoms with Crippen molar-refractivity contribution in [1.82, 2.24) is 4.90 Å². The Morgan fingerprint density at radius 2 is 2.00 bits per heavy atom. The summed E-state index contributed by atoms with van der Waals surface area (Å²) in [5, 5.41) is 2.14. The number of nitrogens with zero attached hydrogens (tertiary/aromatic N) is 1. The van der Waals surface area contributed by atoms with Crippen LogP contribution in [0.5, 0.6) is 0 Å². The third kappa shape index (κ3) is 4.41. The molecule has 0 radical (unpaired) electrons. The van der Waals surface area contributed by atoms with Crippen LogP contribution in [-0.2, 0) is 6.54 Å². The molecule has 1 aromatic heterocycles. The number of thiophene rings is 1. The van der Waals surface area contributed by atoms with Gasteiger partial charge in [0.05, 0.1) is 0 Å². The summed E-state index contributed by atoms with van der Waals surface area (Å²) in [4.78, 5) is 3.94. The summed E-state index contributed by atoms with van der Waals surface area (Å²) >= 11 is 1.83. The van der Waals surface area contributed by atoms with E-state index in [-0.39, 0.29) is 11.5 Å². The van der Waals surface area contributed by atoms with E-state index < -0.39 is 0 Å². The number of hydrogen-bond acceptors (Lipinski definition) is 3. The fourth-order valence-corrected chi connectivity index (χ4v) is 2.42. The van der Waals surface area contributed by atoms with Crippen molar-refractivity contribution in [1.29, 1.82) is 0 Å². The fourth-order valence-electron chi connectivity index (χ4n) is 1.69. The van der Waals surface area contributed by atoms with Crippen LogP contribution in [0.15, 0.2) is 17.5 Å². The highest BCUT2D eigenvalue weighted by Crippen LogP contribution is 2.24. The minimum Gasteiger partial charge on any atom is -0.327 e. The van der Waals surface area contributed by atoms with Gasteiger partial charge in [0.2, 0.25) is 0 Å². The van der Waals surface area contributed by atoms with Crippen molar-refractivity contribution >= 4 is 11.3 Å². The van der Waals surface area contributed by atoms with Gasteiger partial charge in [0.15, 0.2) is 0 Å². The average Bonchev–Trinajstić information content (AvgIpc) is 2.68. The number of rotatable bonds is 6. The molecular weight excluding hydrogens is 228 g/mol. The Labute approximate surface area is 110 Å². The van der Waals surface area contributed by atoms with Gasteiger partial charge in [-0.1, -0.05) is 19.9 Å². The van der Waals surface area contributed by atoms with Gasteiger partial charge in [-0.25, -0.2) is 0 Å². The van der Waals surface area contributed by atoms with E-state index in [2.05, 4.69) is 57.0 Å². The zero-order valence-electron chi connectivity index (χ0n) is 11.7. The van der Waals surface area contributed by atoms with Crippen LogP contribution in [0.25, 0.3) is 0 Å². The largest absolute Gasteiger partial charge is 0.327 e. The lowest BCUT2D eigenvalue weighted by molar-refractivity contribution is 0.123. The van der Waals surface area contributed by atoms with Gasteiger partial charge in [0.25, 0.3) is 0 Å². The lowest BCUT2D eigenvalue weighted by Crippen LogP contribution is -2.46. The molecule has 1 unspecified atom stereocenters. The Bertz CT molecular complexity index is 315. The summed E-state index contributed by atoms with van der Waals surface area (Å²) in [6.07, 6.45) is 0. The zero-order chi connectivity index (χ0) is 13.1. The molecule has 0 aliphatic rings. The molecule has 0 aromatic carbocycles. The van der Waals surface area contributed by atoms with E-state index in [1.54, 1.807) is 0 Å². The molecule has 0 spiro atoms. The second-order valence-corrected chi connectivity index (χ2v) is 6.89. The van der Waals surface area contributed by atoms with E-state index in [0.29, 0.717) is 6.04 Å². The molecule has 2 nitrogen and oxygen atoms in total. The van der Waals surface area contributed by atoms with Gasteiger partial charge in [-0.3, -0.25) is 4.90 Å². The van der Waals surface area contributed by atoms with Crippen LogP contribution in [0.1, 0.15) is 39.5 Å². The summed E-state index contributed by atoms with van der Waals surface area (Å²) in [7, 11) is 0. The van der Waals surface area contributed by atoms with E-state index >= 15 is 0 Å². The lowest BCUT2D eigenvalue weighted by atomic mass is 9.85. The van der Waals surface area contributed by atoms with Gasteiger partial charge in [-0.05, 0) is 37.6 Å². The van der Waals surface area contributed by atoms with Crippen LogP contribution in [0.4, 0.5) is 0 Å². The van der Waals surface area contributed by atoms with Crippen molar-refractivity contribution in [3.8, 4) is 0 Å². The molecule has 17 heavy (non-hydrogen) atoms. The molecule has 0 bridgehead atoms. The van der Waals surface area contributed by atoms with Crippen molar-refractivity contribution in [2.24, 2.45) is 11.1 Å². The first kappa shape index (κ1) is 14.7. The first-order chi connectivity index (χ1) is 7.83. The van der Waals surface area contributed by atoms with Crippen LogP contribution in [0.3, 0.4) is 0 Å². The van der Waals surface area contributed by atoms with Crippen molar-refractivity contribution in [2.75, 3.05) is 6.54 Å². The maximum atomic E-state index is 6.07. The SMILES string of the molecule is CC(C)N(Cc1cccs1)CC(C)(C)C(C)N. The molecule has 1 heterocycles. The normalized spacial score (nSPS) is 14.6. The van der Waals surface area contributed by atoms with Gasteiger partial charge in [-0.15, -0.1) is 11.3 Å². The highest BCUT2D eigenvalue weighted by Gasteiger charge is 2.27. The predicted octanol–water partition coefficient (Wildman–Crippen LogP) is 3.33. The number of hydrogen-bond donors (Lipinski definition) is 1. The van der Waals surface area contributed by atoms with Crippen LogP contribution in [0.2, 0.25) is 0 Å². The highest BCUT2D eigenvalue weighted by molar-refractivity contribution is 7.09. The minimum atomic E-state index is 0.154. The summed E-state index contributed by atoms with van der Waals surface area (Å²) in [5.41, 5.74) is 6.22. The topological polar surface area (TPSA) is 29.3 Å². The monoisotopic (exact) mass is 254 g/mol. The predicted molar refractivity (Wildman–Crippen MR) is 77.3 cm³/mol. The van der Waals surface area contributed by atoms with Crippen LogP contribution in [0, 0.1) is 5.41 Å². The Morgan fingerprint density at radius 1 is 1.35 bits per heavy atom. The molecule has 2 N–H and O–H groups in total. The second-order valence-electron chi connectivity index (χ2n) is 5.86. The summed E-state index contributed by atoms with van der Waals surface area (Å²) in [6.45, 7) is 13.2. The van der Waals surface area contributed by atoms with E-state index in [0.717, 1.165) is 13.1 Å². The molecule has 1 atom stereocenters. The van der Waals surface area contributed by atoms with E-state index in [1.165, 1.54) is 4.88 Å². The van der Waals surface area contributed by atoms with E-state index in [1.807, 2.05) is 11.3 Å². The van der Waals surface area contributed by atoms with Gasteiger partial charge in [0, 0.05) is 30.1 Å². The second kappa shape index (κ2) is 5.98. The quantitative estimate of drug-likeness (QED) is 0.843. The minimum absolute atomic E-state index is 0.154. The molecule has 0 amide bonds. The summed E-state index contributed by atoms with van der Waals surface area (Å²) in [5.74, 6) is 0. The summed E-state index contributed by atoms with van der Waals surface area (Å²) in [6, 6.07) is 5.09. The van der Waals surface area contributed by atoms with Crippen LogP contribution >= 0.6 is 11.3 Å². The summed E-state index contributed by atoms with van der Waals surface area (Å²) < 4.78 is 0. The Morgan fingerprint density at radius 3 is 2.41 bits per heavy atom. The third-order valence-corrected chi connectivity index (χ3v) is 4.37. The van der Waals surface area contributed by atoms with Crippen molar-refractivity contribution < 1.29 is 0 Å². The Balaban J connectivity index is 2.67. The van der Waals surface area contributed by atoms with Crippen molar-refractivity contribution in [3.05, 3.63) is 22.4 Å². The van der Waals surface area contributed by atoms with Gasteiger partial charge >= 0.3 is 0 Å². The van der Waals surface area contributed by atoms with E-state index in [4.69, 9.17) is 5.73 Å². The van der Waals surface area contributed by atoms with Gasteiger partial charge < -0.3 is 5.73 Å². The number of nitrogens with two attached hydrogens (primary N) is 1. The van der Waals surface area contributed by atoms with Gasteiger partial charge in [-0.2, -0.15) is 0 Å². The van der Waals surface area contributed by atoms with Crippen molar-refractivity contribution in [3.63, 3.8) is 0 Å². The van der Waals surface area contributed by atoms with Crippen molar-refractivity contribution in [2.45, 2.75) is 53.2 Å². The maximum absolute atomic E-state index is 6.07. The lowest BCUT2D eigenvalue weighted by Gasteiger charge is -2.37. The van der Waals surface area contributed by atoms with Gasteiger partial charge in [0.1, 0.15) is 0 Å². The molecule has 1 rings (SSSR count). The molecular formula is C14H26N2S. The average molecular weight is 254 g/mol. The fraction of sp³-hybridized carbons (Fsp3) is 0.714. The van der Waals surface area contributed by atoms with Crippen LogP contribution < -0.4 is 5.73 Å². The first-order valence-corrected chi connectivity index (χ1v) is 7.23. The Kier molecular flexibility index (Phi) is 5.17. The maximum Gasteiger partial charge on any atom is 0.0330 e. The highest BCUT2D eigenvalue weighted by atomic mass is 32.1. The molecule has 0 saturated heterocycles. The molecule has 0 aliphatic heterocycles. The molecule has 98 valence electrons. The molecule has 1 aromatic rings.